The molecule has 79 heavy (non-hydrogen) atoms. The topological polar surface area (TPSA) is 19.6 Å². The normalized spacial score (nSPS) is 14.9. The summed E-state index contributed by atoms with van der Waals surface area (Å²) >= 11 is 0. The van der Waals surface area contributed by atoms with Crippen LogP contribution in [0.3, 0.4) is 0 Å². The Morgan fingerprint density at radius 2 is 0.759 bits per heavy atom. The van der Waals surface area contributed by atoms with Crippen LogP contribution in [0, 0.1) is 5.82 Å². The Morgan fingerprint density at radius 3 is 1.27 bits per heavy atom. The maximum Gasteiger partial charge on any atom is 0.145 e. The molecular formula is C75H69FN2O. The van der Waals surface area contributed by atoms with E-state index < -0.39 is 5.41 Å². The number of nitrogens with zero attached hydrogens (tertiary/aromatic N) is 2. The van der Waals surface area contributed by atoms with Crippen molar-refractivity contribution in [3.8, 4) is 22.3 Å². The first-order valence-corrected chi connectivity index (χ1v) is 28.1. The van der Waals surface area contributed by atoms with Crippen LogP contribution in [0.1, 0.15) is 128 Å². The lowest BCUT2D eigenvalue weighted by atomic mass is 9.70. The zero-order valence-corrected chi connectivity index (χ0v) is 47.7. The highest BCUT2D eigenvalue weighted by atomic mass is 19.1. The highest BCUT2D eigenvalue weighted by Crippen LogP contribution is 2.67. The lowest BCUT2D eigenvalue weighted by molar-refractivity contribution is 0.590. The van der Waals surface area contributed by atoms with E-state index in [4.69, 9.17) is 4.42 Å². The zero-order chi connectivity index (χ0) is 55.1. The third-order valence-electron chi connectivity index (χ3n) is 17.2. The summed E-state index contributed by atoms with van der Waals surface area (Å²) in [5.41, 5.74) is 20.2. The molecule has 13 rings (SSSR count). The number of rotatable bonds is 6. The minimum Gasteiger partial charge on any atom is -0.455 e. The maximum absolute atomic E-state index is 16.8. The molecule has 0 radical (unpaired) electrons. The molecule has 2 aliphatic rings. The van der Waals surface area contributed by atoms with Gasteiger partial charge in [0.1, 0.15) is 17.0 Å². The monoisotopic (exact) mass is 1030 g/mol. The second-order valence-electron chi connectivity index (χ2n) is 26.3. The molecule has 2 aliphatic carbocycles. The van der Waals surface area contributed by atoms with Gasteiger partial charge in [0.05, 0.1) is 22.2 Å². The molecule has 0 saturated heterocycles. The van der Waals surface area contributed by atoms with E-state index in [1.165, 1.54) is 22.3 Å². The Kier molecular flexibility index (Phi) is 11.2. The molecule has 1 atom stereocenters. The number of benzene rings is 10. The van der Waals surface area contributed by atoms with Gasteiger partial charge in [-0.3, -0.25) is 0 Å². The van der Waals surface area contributed by atoms with Gasteiger partial charge < -0.3 is 14.2 Å². The highest BCUT2D eigenvalue weighted by Gasteiger charge is 2.54. The van der Waals surface area contributed by atoms with E-state index in [1.807, 2.05) is 12.1 Å². The van der Waals surface area contributed by atoms with Crippen molar-refractivity contribution in [2.24, 2.45) is 0 Å². The number of anilines is 6. The second-order valence-corrected chi connectivity index (χ2v) is 26.3. The van der Waals surface area contributed by atoms with E-state index in [2.05, 4.69) is 275 Å². The van der Waals surface area contributed by atoms with Crippen molar-refractivity contribution >= 4 is 66.8 Å². The van der Waals surface area contributed by atoms with Crippen molar-refractivity contribution in [1.82, 2.24) is 0 Å². The predicted octanol–water partition coefficient (Wildman–Crippen LogP) is 21.4. The Morgan fingerprint density at radius 1 is 0.354 bits per heavy atom. The molecule has 1 spiro atoms. The van der Waals surface area contributed by atoms with Gasteiger partial charge in [-0.25, -0.2) is 4.39 Å². The van der Waals surface area contributed by atoms with E-state index in [9.17, 15) is 0 Å². The lowest BCUT2D eigenvalue weighted by Gasteiger charge is -2.34. The third-order valence-corrected chi connectivity index (χ3v) is 17.2. The van der Waals surface area contributed by atoms with E-state index in [1.54, 1.807) is 6.07 Å². The van der Waals surface area contributed by atoms with Crippen LogP contribution < -0.4 is 9.80 Å². The minimum atomic E-state index is -0.991. The van der Waals surface area contributed by atoms with Gasteiger partial charge in [0.25, 0.3) is 0 Å². The van der Waals surface area contributed by atoms with Crippen molar-refractivity contribution < 1.29 is 8.81 Å². The molecule has 0 amide bonds. The molecule has 0 bridgehead atoms. The van der Waals surface area contributed by atoms with Crippen molar-refractivity contribution in [3.63, 3.8) is 0 Å². The van der Waals surface area contributed by atoms with E-state index >= 15 is 4.39 Å². The van der Waals surface area contributed by atoms with Crippen LogP contribution in [0.5, 0.6) is 0 Å². The van der Waals surface area contributed by atoms with Crippen LogP contribution in [0.15, 0.2) is 205 Å². The fourth-order valence-electron chi connectivity index (χ4n) is 13.0. The molecular weight excluding hydrogens is 964 g/mol. The van der Waals surface area contributed by atoms with Gasteiger partial charge in [-0.15, -0.1) is 0 Å². The Labute approximate surface area is 466 Å². The summed E-state index contributed by atoms with van der Waals surface area (Å²) < 4.78 is 24.2. The number of para-hydroxylation sites is 1. The second kappa shape index (κ2) is 17.6. The zero-order valence-electron chi connectivity index (χ0n) is 47.7. The third kappa shape index (κ3) is 7.88. The molecule has 11 aromatic rings. The molecule has 0 aliphatic heterocycles. The van der Waals surface area contributed by atoms with Crippen LogP contribution in [0.4, 0.5) is 38.5 Å². The summed E-state index contributed by atoms with van der Waals surface area (Å²) in [6, 6.07) is 73.0. The van der Waals surface area contributed by atoms with Crippen LogP contribution in [0.2, 0.25) is 0 Å². The first kappa shape index (κ1) is 50.3. The van der Waals surface area contributed by atoms with Gasteiger partial charge in [-0.05, 0) is 167 Å². The fourth-order valence-corrected chi connectivity index (χ4v) is 13.0. The summed E-state index contributed by atoms with van der Waals surface area (Å²) in [6.07, 6.45) is 0. The van der Waals surface area contributed by atoms with Crippen LogP contribution in [-0.4, -0.2) is 0 Å². The van der Waals surface area contributed by atoms with Gasteiger partial charge in [-0.2, -0.15) is 0 Å². The molecule has 3 nitrogen and oxygen atoms in total. The predicted molar refractivity (Wildman–Crippen MR) is 332 cm³/mol. The first-order valence-electron chi connectivity index (χ1n) is 28.1. The fraction of sp³-hybridized carbons (Fsp3) is 0.227. The van der Waals surface area contributed by atoms with E-state index in [0.717, 1.165) is 111 Å². The summed E-state index contributed by atoms with van der Waals surface area (Å²) in [5, 5.41) is 4.25. The molecule has 0 N–H and O–H groups in total. The SMILES string of the molecule is CC(C)(C)c1ccc(N(c2ccc(C(C)(C)C)cc2)c2cc3c(c4ccccc24)-c2c(cc(N(c4ccc(C(C)(C)C)cc4)c4ccc(C(C)(C)C)cc4)c4c2oc2ccccc24)C32c3ccccc3-c3ccc(F)cc32)cc1. The number of fused-ring (bicyclic) bond motifs is 16. The van der Waals surface area contributed by atoms with Crippen LogP contribution in [0.25, 0.3) is 55.0 Å². The quantitative estimate of drug-likeness (QED) is 0.165. The Balaban J connectivity index is 1.19. The summed E-state index contributed by atoms with van der Waals surface area (Å²) in [5.74, 6) is -0.272. The lowest BCUT2D eigenvalue weighted by Crippen LogP contribution is -2.27. The summed E-state index contributed by atoms with van der Waals surface area (Å²) in [7, 11) is 0. The van der Waals surface area contributed by atoms with Crippen LogP contribution >= 0.6 is 0 Å². The summed E-state index contributed by atoms with van der Waals surface area (Å²) in [4.78, 5) is 4.87. The standard InChI is InChI=1S/C75H69FN2O/c1-71(2,3)46-25-34-51(35-26-46)77(52-36-27-47(28-37-52)72(4,5)6)64-44-62-67(58-21-14-13-20-57(58)64)69-63(75(62)60-23-17-15-19-55(60)56-42-33-50(76)43-61(56)75)45-65(68-59-22-16-18-24-66(59)79-70(68)69)78(53-38-29-48(30-39-53)73(7,8)9)54-40-31-49(32-41-54)74(10,11)12/h13-45H,1-12H3. The van der Waals surface area contributed by atoms with E-state index in [0.29, 0.717) is 0 Å². The number of hydrogen-bond acceptors (Lipinski definition) is 3. The van der Waals surface area contributed by atoms with Crippen LogP contribution in [-0.2, 0) is 27.1 Å². The molecule has 0 fully saturated rings. The number of furan rings is 1. The van der Waals surface area contributed by atoms with Gasteiger partial charge in [-0.1, -0.05) is 204 Å². The molecule has 1 heterocycles. The van der Waals surface area contributed by atoms with Crippen molar-refractivity contribution in [3.05, 3.63) is 251 Å². The largest absolute Gasteiger partial charge is 0.455 e. The Hall–Kier alpha value is -8.21. The molecule has 0 saturated carbocycles. The average Bonchev–Trinajstić information content (AvgIpc) is 1.74. The number of hydrogen-bond donors (Lipinski definition) is 0. The van der Waals surface area contributed by atoms with Gasteiger partial charge in [0.2, 0.25) is 0 Å². The van der Waals surface area contributed by atoms with E-state index in [-0.39, 0.29) is 27.5 Å². The highest BCUT2D eigenvalue weighted by molar-refractivity contribution is 6.23. The smallest absolute Gasteiger partial charge is 0.145 e. The molecule has 1 aromatic heterocycles. The maximum atomic E-state index is 16.8. The number of halogens is 1. The van der Waals surface area contributed by atoms with Crippen molar-refractivity contribution in [2.75, 3.05) is 9.80 Å². The molecule has 1 unspecified atom stereocenters. The molecule has 392 valence electrons. The molecule has 10 aromatic carbocycles. The van der Waals surface area contributed by atoms with Crippen molar-refractivity contribution in [1.29, 1.82) is 0 Å². The van der Waals surface area contributed by atoms with Gasteiger partial charge in [0, 0.05) is 39.1 Å². The Bertz CT molecular complexity index is 4100. The first-order chi connectivity index (χ1) is 37.6. The summed E-state index contributed by atoms with van der Waals surface area (Å²) in [6.45, 7) is 27.2. The van der Waals surface area contributed by atoms with Gasteiger partial charge >= 0.3 is 0 Å². The molecule has 4 heteroatoms. The van der Waals surface area contributed by atoms with Crippen molar-refractivity contribution in [2.45, 2.75) is 110 Å². The minimum absolute atomic E-state index is 0.0309. The van der Waals surface area contributed by atoms with Gasteiger partial charge in [0.15, 0.2) is 0 Å². The average molecular weight is 1030 g/mol.